The van der Waals surface area contributed by atoms with Gasteiger partial charge in [0.25, 0.3) is 5.91 Å². The van der Waals surface area contributed by atoms with Crippen molar-refractivity contribution in [1.29, 1.82) is 0 Å². The van der Waals surface area contributed by atoms with Crippen molar-refractivity contribution in [3.8, 4) is 0 Å². The highest BCUT2D eigenvalue weighted by atomic mass is 35.5. The van der Waals surface area contributed by atoms with Gasteiger partial charge in [-0.05, 0) is 37.8 Å². The van der Waals surface area contributed by atoms with E-state index in [9.17, 15) is 4.79 Å². The van der Waals surface area contributed by atoms with Crippen molar-refractivity contribution in [3.05, 3.63) is 34.3 Å². The molecule has 1 unspecified atom stereocenters. The second-order valence-corrected chi connectivity index (χ2v) is 5.76. The normalized spacial score (nSPS) is 24.9. The van der Waals surface area contributed by atoms with E-state index >= 15 is 0 Å². The first kappa shape index (κ1) is 12.0. The summed E-state index contributed by atoms with van der Waals surface area (Å²) < 4.78 is 0. The van der Waals surface area contributed by atoms with Crippen LogP contribution in [-0.2, 0) is 6.42 Å². The van der Waals surface area contributed by atoms with Gasteiger partial charge in [0.1, 0.15) is 0 Å². The molecule has 2 aliphatic rings. The summed E-state index contributed by atoms with van der Waals surface area (Å²) in [4.78, 5) is 14.6. The lowest BCUT2D eigenvalue weighted by Gasteiger charge is -2.39. The third kappa shape index (κ3) is 1.82. The molecular weight excluding hydrogens is 248 g/mol. The van der Waals surface area contributed by atoms with Crippen LogP contribution >= 0.6 is 11.6 Å². The highest BCUT2D eigenvalue weighted by Gasteiger charge is 2.43. The molecule has 1 heterocycles. The first-order chi connectivity index (χ1) is 8.59. The maximum atomic E-state index is 12.6. The number of fused-ring (bicyclic) bond motifs is 1. The molecule has 1 fully saturated rings. The molecular formula is C14H17ClN2O. The highest BCUT2D eigenvalue weighted by molar-refractivity contribution is 6.34. The third-order valence-corrected chi connectivity index (χ3v) is 4.20. The van der Waals surface area contributed by atoms with Gasteiger partial charge in [-0.3, -0.25) is 4.79 Å². The van der Waals surface area contributed by atoms with E-state index in [1.54, 1.807) is 6.07 Å². The van der Waals surface area contributed by atoms with Crippen LogP contribution in [0.5, 0.6) is 0 Å². The zero-order chi connectivity index (χ0) is 12.9. The Balaban J connectivity index is 2.06. The SMILES string of the molecule is C[C@H](N)C1Cc2cccc(Cl)c2C(=O)N1C1CC1. The van der Waals surface area contributed by atoms with Crippen molar-refractivity contribution >= 4 is 17.5 Å². The number of rotatable bonds is 2. The van der Waals surface area contributed by atoms with Crippen LogP contribution in [-0.4, -0.2) is 28.9 Å². The Labute approximate surface area is 112 Å². The zero-order valence-corrected chi connectivity index (χ0v) is 11.2. The van der Waals surface area contributed by atoms with Crippen molar-refractivity contribution in [3.63, 3.8) is 0 Å². The molecule has 1 amide bonds. The van der Waals surface area contributed by atoms with E-state index in [0.29, 0.717) is 16.6 Å². The van der Waals surface area contributed by atoms with Crippen LogP contribution in [0.4, 0.5) is 0 Å². The Morgan fingerprint density at radius 2 is 2.17 bits per heavy atom. The molecule has 1 aliphatic carbocycles. The average molecular weight is 265 g/mol. The number of halogens is 1. The number of nitrogens with zero attached hydrogens (tertiary/aromatic N) is 1. The molecule has 4 heteroatoms. The Hall–Kier alpha value is -1.06. The Kier molecular flexibility index (Phi) is 2.83. The van der Waals surface area contributed by atoms with Crippen LogP contribution in [0.25, 0.3) is 0 Å². The molecule has 3 rings (SSSR count). The maximum absolute atomic E-state index is 12.6. The molecule has 0 aromatic heterocycles. The summed E-state index contributed by atoms with van der Waals surface area (Å²) in [7, 11) is 0. The van der Waals surface area contributed by atoms with E-state index in [2.05, 4.69) is 0 Å². The molecule has 1 aliphatic heterocycles. The minimum atomic E-state index is -0.0123. The van der Waals surface area contributed by atoms with E-state index in [1.807, 2.05) is 24.0 Å². The van der Waals surface area contributed by atoms with Gasteiger partial charge >= 0.3 is 0 Å². The van der Waals surface area contributed by atoms with Crippen LogP contribution in [0.15, 0.2) is 18.2 Å². The Bertz CT molecular complexity index is 497. The zero-order valence-electron chi connectivity index (χ0n) is 10.4. The van der Waals surface area contributed by atoms with Crippen LogP contribution in [0.1, 0.15) is 35.7 Å². The monoisotopic (exact) mass is 264 g/mol. The van der Waals surface area contributed by atoms with Gasteiger partial charge in [0.15, 0.2) is 0 Å². The summed E-state index contributed by atoms with van der Waals surface area (Å²) in [6.45, 7) is 1.98. The van der Waals surface area contributed by atoms with E-state index in [-0.39, 0.29) is 18.0 Å². The summed E-state index contributed by atoms with van der Waals surface area (Å²) >= 11 is 6.18. The molecule has 0 saturated heterocycles. The minimum Gasteiger partial charge on any atom is -0.331 e. The van der Waals surface area contributed by atoms with E-state index in [4.69, 9.17) is 17.3 Å². The Morgan fingerprint density at radius 3 is 2.78 bits per heavy atom. The topological polar surface area (TPSA) is 46.3 Å². The first-order valence-electron chi connectivity index (χ1n) is 6.45. The number of nitrogens with two attached hydrogens (primary N) is 1. The molecule has 0 spiro atoms. The fourth-order valence-corrected chi connectivity index (χ4v) is 3.09. The summed E-state index contributed by atoms with van der Waals surface area (Å²) in [5.74, 6) is 0.0617. The van der Waals surface area contributed by atoms with Crippen molar-refractivity contribution in [2.24, 2.45) is 5.73 Å². The predicted molar refractivity (Wildman–Crippen MR) is 71.8 cm³/mol. The molecule has 1 aromatic rings. The summed E-state index contributed by atoms with van der Waals surface area (Å²) in [5, 5.41) is 0.561. The lowest BCUT2D eigenvalue weighted by atomic mass is 9.90. The Morgan fingerprint density at radius 1 is 1.44 bits per heavy atom. The lowest BCUT2D eigenvalue weighted by Crippen LogP contribution is -2.54. The standard InChI is InChI=1S/C14H17ClN2O/c1-8(16)12-7-9-3-2-4-11(15)13(9)14(18)17(12)10-5-6-10/h2-4,8,10,12H,5-7,16H2,1H3/t8-,12?/m0/s1. The smallest absolute Gasteiger partial charge is 0.256 e. The first-order valence-corrected chi connectivity index (χ1v) is 6.83. The fourth-order valence-electron chi connectivity index (χ4n) is 2.81. The van der Waals surface area contributed by atoms with Crippen molar-refractivity contribution in [2.45, 2.75) is 44.3 Å². The molecule has 0 bridgehead atoms. The number of carbonyl (C=O) groups is 1. The number of amides is 1. The van der Waals surface area contributed by atoms with Crippen molar-refractivity contribution < 1.29 is 4.79 Å². The number of hydrogen-bond acceptors (Lipinski definition) is 2. The van der Waals surface area contributed by atoms with Crippen LogP contribution < -0.4 is 5.73 Å². The maximum Gasteiger partial charge on any atom is 0.256 e. The van der Waals surface area contributed by atoms with Crippen LogP contribution in [0.2, 0.25) is 5.02 Å². The van der Waals surface area contributed by atoms with Gasteiger partial charge in [0.05, 0.1) is 16.6 Å². The highest BCUT2D eigenvalue weighted by Crippen LogP contribution is 2.37. The number of hydrogen-bond donors (Lipinski definition) is 1. The van der Waals surface area contributed by atoms with Gasteiger partial charge in [-0.15, -0.1) is 0 Å². The fraction of sp³-hybridized carbons (Fsp3) is 0.500. The van der Waals surface area contributed by atoms with Gasteiger partial charge in [0.2, 0.25) is 0 Å². The van der Waals surface area contributed by atoms with Gasteiger partial charge in [-0.1, -0.05) is 23.7 Å². The molecule has 2 N–H and O–H groups in total. The van der Waals surface area contributed by atoms with Gasteiger partial charge in [-0.25, -0.2) is 0 Å². The van der Waals surface area contributed by atoms with Crippen molar-refractivity contribution in [2.75, 3.05) is 0 Å². The van der Waals surface area contributed by atoms with Crippen LogP contribution in [0, 0.1) is 0 Å². The summed E-state index contributed by atoms with van der Waals surface area (Å²) in [6, 6.07) is 6.14. The predicted octanol–water partition coefficient (Wildman–Crippen LogP) is 2.22. The number of carbonyl (C=O) groups excluding carboxylic acids is 1. The summed E-state index contributed by atoms with van der Waals surface area (Å²) in [6.07, 6.45) is 3.00. The van der Waals surface area contributed by atoms with Crippen LogP contribution in [0.3, 0.4) is 0 Å². The second kappa shape index (κ2) is 4.25. The molecule has 1 aromatic carbocycles. The quantitative estimate of drug-likeness (QED) is 0.890. The molecule has 3 nitrogen and oxygen atoms in total. The molecule has 1 saturated carbocycles. The lowest BCUT2D eigenvalue weighted by molar-refractivity contribution is 0.0605. The van der Waals surface area contributed by atoms with Gasteiger partial charge in [-0.2, -0.15) is 0 Å². The van der Waals surface area contributed by atoms with E-state index in [1.165, 1.54) is 0 Å². The van der Waals surface area contributed by atoms with Gasteiger partial charge in [0, 0.05) is 12.1 Å². The second-order valence-electron chi connectivity index (χ2n) is 5.35. The van der Waals surface area contributed by atoms with Crippen molar-refractivity contribution in [1.82, 2.24) is 4.90 Å². The molecule has 2 atom stereocenters. The molecule has 96 valence electrons. The average Bonchev–Trinajstić information content (AvgIpc) is 3.12. The third-order valence-electron chi connectivity index (χ3n) is 3.88. The van der Waals surface area contributed by atoms with Gasteiger partial charge < -0.3 is 10.6 Å². The largest absolute Gasteiger partial charge is 0.331 e. The molecule has 18 heavy (non-hydrogen) atoms. The summed E-state index contributed by atoms with van der Waals surface area (Å²) in [5.41, 5.74) is 7.77. The molecule has 0 radical (unpaired) electrons. The van der Waals surface area contributed by atoms with E-state index < -0.39 is 0 Å². The van der Waals surface area contributed by atoms with E-state index in [0.717, 1.165) is 24.8 Å². The minimum absolute atomic E-state index is 0.0123. The number of benzene rings is 1.